The van der Waals surface area contributed by atoms with Gasteiger partial charge in [-0.15, -0.1) is 0 Å². The lowest BCUT2D eigenvalue weighted by molar-refractivity contribution is -0.111. The standard InChI is InChI=1S/C3H6N2O/c1-5-2-3(4)6/h2H,1H3,(H2,4,6)/b5-2-. The lowest BCUT2D eigenvalue weighted by Crippen LogP contribution is -2.10. The summed E-state index contributed by atoms with van der Waals surface area (Å²) in [5, 5.41) is 0. The first kappa shape index (κ1) is 5.14. The van der Waals surface area contributed by atoms with Crippen molar-refractivity contribution in [2.24, 2.45) is 10.7 Å². The van der Waals surface area contributed by atoms with Crippen LogP contribution in [0.25, 0.3) is 0 Å². The van der Waals surface area contributed by atoms with Crippen molar-refractivity contribution in [2.75, 3.05) is 7.05 Å². The monoisotopic (exact) mass is 86.0 g/mol. The van der Waals surface area contributed by atoms with Crippen LogP contribution in [0.1, 0.15) is 0 Å². The first-order valence-electron chi connectivity index (χ1n) is 1.49. The van der Waals surface area contributed by atoms with Gasteiger partial charge in [0.25, 0.3) is 5.91 Å². The molecule has 0 aromatic rings. The van der Waals surface area contributed by atoms with Gasteiger partial charge in [-0.3, -0.25) is 9.79 Å². The lowest BCUT2D eigenvalue weighted by Gasteiger charge is -1.69. The maximum absolute atomic E-state index is 9.67. The smallest absolute Gasteiger partial charge is 0.259 e. The number of rotatable bonds is 1. The van der Waals surface area contributed by atoms with Gasteiger partial charge in [0.2, 0.25) is 0 Å². The van der Waals surface area contributed by atoms with E-state index in [1.165, 1.54) is 7.05 Å². The molecule has 6 heavy (non-hydrogen) atoms. The molecule has 0 bridgehead atoms. The molecule has 0 rings (SSSR count). The number of hydrogen-bond donors (Lipinski definition) is 1. The van der Waals surface area contributed by atoms with Crippen LogP contribution in [0, 0.1) is 0 Å². The fourth-order valence-corrected chi connectivity index (χ4v) is 0.127. The summed E-state index contributed by atoms with van der Waals surface area (Å²) in [7, 11) is 1.49. The Morgan fingerprint density at radius 1 is 2.00 bits per heavy atom. The van der Waals surface area contributed by atoms with Crippen LogP contribution in [0.3, 0.4) is 0 Å². The predicted molar refractivity (Wildman–Crippen MR) is 23.6 cm³/mol. The number of nitrogens with two attached hydrogens (primary N) is 1. The number of carbonyl (C=O) groups excluding carboxylic acids is 1. The van der Waals surface area contributed by atoms with Crippen LogP contribution >= 0.6 is 0 Å². The molecule has 0 aliphatic rings. The summed E-state index contributed by atoms with van der Waals surface area (Å²) < 4.78 is 0. The number of primary amides is 1. The van der Waals surface area contributed by atoms with Crippen LogP contribution in [0.5, 0.6) is 0 Å². The van der Waals surface area contributed by atoms with Gasteiger partial charge in [0, 0.05) is 7.05 Å². The molecule has 0 spiro atoms. The van der Waals surface area contributed by atoms with Crippen molar-refractivity contribution in [3.63, 3.8) is 0 Å². The van der Waals surface area contributed by atoms with Crippen LogP contribution in [-0.2, 0) is 4.79 Å². The fraction of sp³-hybridized carbons (Fsp3) is 0.333. The number of nitrogens with zero attached hydrogens (tertiary/aromatic N) is 1. The Morgan fingerprint density at radius 3 is 2.50 bits per heavy atom. The molecule has 3 heteroatoms. The van der Waals surface area contributed by atoms with Gasteiger partial charge in [-0.2, -0.15) is 0 Å². The highest BCUT2D eigenvalue weighted by Crippen LogP contribution is 1.46. The van der Waals surface area contributed by atoms with Crippen LogP contribution in [0.2, 0.25) is 0 Å². The van der Waals surface area contributed by atoms with Gasteiger partial charge in [-0.1, -0.05) is 0 Å². The van der Waals surface area contributed by atoms with Crippen molar-refractivity contribution in [1.82, 2.24) is 0 Å². The molecule has 34 valence electrons. The van der Waals surface area contributed by atoms with Gasteiger partial charge in [-0.25, -0.2) is 0 Å². The van der Waals surface area contributed by atoms with E-state index in [9.17, 15) is 4.79 Å². The van der Waals surface area contributed by atoms with Crippen molar-refractivity contribution >= 4 is 12.1 Å². The van der Waals surface area contributed by atoms with E-state index >= 15 is 0 Å². The number of aliphatic imine (C=N–C) groups is 1. The molecule has 0 heterocycles. The Hall–Kier alpha value is -0.860. The Morgan fingerprint density at radius 2 is 2.50 bits per heavy atom. The molecular formula is C3H6N2O. The van der Waals surface area contributed by atoms with Crippen molar-refractivity contribution in [1.29, 1.82) is 0 Å². The summed E-state index contributed by atoms with van der Waals surface area (Å²) in [5.74, 6) is -0.502. The Bertz CT molecular complexity index is 76.9. The van der Waals surface area contributed by atoms with E-state index in [0.717, 1.165) is 6.21 Å². The zero-order valence-corrected chi connectivity index (χ0v) is 3.51. The second-order valence-electron chi connectivity index (χ2n) is 0.790. The Balaban J connectivity index is 3.30. The molecule has 2 N–H and O–H groups in total. The highest BCUT2D eigenvalue weighted by atomic mass is 16.1. The molecular weight excluding hydrogens is 80.0 g/mol. The second-order valence-corrected chi connectivity index (χ2v) is 0.790. The van der Waals surface area contributed by atoms with Crippen molar-refractivity contribution in [2.45, 2.75) is 0 Å². The first-order valence-corrected chi connectivity index (χ1v) is 1.49. The first-order chi connectivity index (χ1) is 2.77. The third kappa shape index (κ3) is 3.14. The average molecular weight is 86.1 g/mol. The van der Waals surface area contributed by atoms with Crippen LogP contribution in [0.15, 0.2) is 4.99 Å². The van der Waals surface area contributed by atoms with Gasteiger partial charge in [0.05, 0.1) is 6.21 Å². The Labute approximate surface area is 35.9 Å². The van der Waals surface area contributed by atoms with Gasteiger partial charge < -0.3 is 5.73 Å². The molecule has 3 nitrogen and oxygen atoms in total. The largest absolute Gasteiger partial charge is 0.365 e. The molecule has 0 saturated carbocycles. The molecule has 1 amide bonds. The highest BCUT2D eigenvalue weighted by molar-refractivity contribution is 6.25. The van der Waals surface area contributed by atoms with E-state index in [1.54, 1.807) is 0 Å². The Kier molecular flexibility index (Phi) is 2.04. The van der Waals surface area contributed by atoms with Gasteiger partial charge in [-0.05, 0) is 0 Å². The minimum atomic E-state index is -0.502. The third-order valence-electron chi connectivity index (χ3n) is 0.256. The molecule has 0 unspecified atom stereocenters. The van der Waals surface area contributed by atoms with Crippen molar-refractivity contribution < 1.29 is 4.79 Å². The summed E-state index contributed by atoms with van der Waals surface area (Å²) in [6, 6.07) is 0. The van der Waals surface area contributed by atoms with E-state index in [4.69, 9.17) is 0 Å². The number of hydrogen-bond acceptors (Lipinski definition) is 2. The summed E-state index contributed by atoms with van der Waals surface area (Å²) >= 11 is 0. The average Bonchev–Trinajstić information content (AvgIpc) is 1.35. The topological polar surface area (TPSA) is 55.4 Å². The van der Waals surface area contributed by atoms with Gasteiger partial charge in [0.15, 0.2) is 0 Å². The maximum Gasteiger partial charge on any atom is 0.259 e. The van der Waals surface area contributed by atoms with E-state index in [-0.39, 0.29) is 0 Å². The van der Waals surface area contributed by atoms with E-state index in [0.29, 0.717) is 0 Å². The van der Waals surface area contributed by atoms with Crippen molar-refractivity contribution in [3.05, 3.63) is 0 Å². The normalized spacial score (nSPS) is 9.50. The predicted octanol–water partition coefficient (Wildman–Crippen LogP) is -0.828. The molecule has 0 aliphatic carbocycles. The van der Waals surface area contributed by atoms with E-state index < -0.39 is 5.91 Å². The minimum absolute atomic E-state index is 0.502. The van der Waals surface area contributed by atoms with E-state index in [1.807, 2.05) is 0 Å². The van der Waals surface area contributed by atoms with Crippen molar-refractivity contribution in [3.8, 4) is 0 Å². The van der Waals surface area contributed by atoms with Crippen LogP contribution < -0.4 is 5.73 Å². The minimum Gasteiger partial charge on any atom is -0.365 e. The SMILES string of the molecule is C/N=C\C(N)=O. The molecule has 0 saturated heterocycles. The van der Waals surface area contributed by atoms with E-state index in [2.05, 4.69) is 10.7 Å². The molecule has 0 aliphatic heterocycles. The lowest BCUT2D eigenvalue weighted by atomic mass is 10.7. The maximum atomic E-state index is 9.67. The number of carbonyl (C=O) groups is 1. The molecule has 0 atom stereocenters. The fourth-order valence-electron chi connectivity index (χ4n) is 0.127. The van der Waals surface area contributed by atoms with Gasteiger partial charge in [0.1, 0.15) is 0 Å². The van der Waals surface area contributed by atoms with Gasteiger partial charge >= 0.3 is 0 Å². The summed E-state index contributed by atoms with van der Waals surface area (Å²) in [6.07, 6.45) is 1.06. The third-order valence-corrected chi connectivity index (χ3v) is 0.256. The highest BCUT2D eigenvalue weighted by Gasteiger charge is 1.75. The molecule has 0 fully saturated rings. The summed E-state index contributed by atoms with van der Waals surface area (Å²) in [6.45, 7) is 0. The van der Waals surface area contributed by atoms with Crippen LogP contribution in [-0.4, -0.2) is 19.2 Å². The summed E-state index contributed by atoms with van der Waals surface area (Å²) in [4.78, 5) is 13.0. The zero-order chi connectivity index (χ0) is 4.99. The summed E-state index contributed by atoms with van der Waals surface area (Å²) in [5.41, 5.74) is 4.61. The molecule has 0 aromatic carbocycles. The van der Waals surface area contributed by atoms with Crippen LogP contribution in [0.4, 0.5) is 0 Å². The second kappa shape index (κ2) is 2.38. The molecule has 0 aromatic heterocycles. The quantitative estimate of drug-likeness (QED) is 0.416. The number of amides is 1. The zero-order valence-electron chi connectivity index (χ0n) is 3.51. The molecule has 0 radical (unpaired) electrons.